The van der Waals surface area contributed by atoms with Crippen molar-refractivity contribution in [2.45, 2.75) is 13.1 Å². The van der Waals surface area contributed by atoms with Crippen LogP contribution in [-0.2, 0) is 10.9 Å². The molecule has 0 unspecified atom stereocenters. The summed E-state index contributed by atoms with van der Waals surface area (Å²) in [7, 11) is 0.957. The van der Waals surface area contributed by atoms with Crippen molar-refractivity contribution >= 4 is 17.6 Å². The Morgan fingerprint density at radius 3 is 2.35 bits per heavy atom. The van der Waals surface area contributed by atoms with Crippen LogP contribution in [0.4, 0.5) is 27.6 Å². The molecule has 0 saturated carbocycles. The van der Waals surface area contributed by atoms with Gasteiger partial charge < -0.3 is 10.1 Å². The quantitative estimate of drug-likeness (QED) is 0.480. The highest BCUT2D eigenvalue weighted by atomic mass is 19.4. The van der Waals surface area contributed by atoms with Gasteiger partial charge in [-0.2, -0.15) is 18.3 Å². The fourth-order valence-electron chi connectivity index (χ4n) is 2.87. The van der Waals surface area contributed by atoms with Crippen LogP contribution in [0.3, 0.4) is 0 Å². The Bertz CT molecular complexity index is 1170. The minimum Gasteiger partial charge on any atom is -0.465 e. The lowest BCUT2D eigenvalue weighted by Gasteiger charge is -2.14. The molecule has 3 aromatic rings. The summed E-state index contributed by atoms with van der Waals surface area (Å²) in [5, 5.41) is 5.60. The first-order valence-electron chi connectivity index (χ1n) is 8.64. The summed E-state index contributed by atoms with van der Waals surface area (Å²) in [6.45, 7) is 1.57. The first-order valence-corrected chi connectivity index (χ1v) is 8.64. The Morgan fingerprint density at radius 2 is 1.74 bits per heavy atom. The van der Waals surface area contributed by atoms with Gasteiger partial charge in [0.05, 0.1) is 35.8 Å². The van der Waals surface area contributed by atoms with Gasteiger partial charge in [-0.25, -0.2) is 18.3 Å². The molecule has 3 rings (SSSR count). The van der Waals surface area contributed by atoms with Gasteiger partial charge in [-0.15, -0.1) is 0 Å². The number of nitrogens with one attached hydrogen (secondary N) is 1. The van der Waals surface area contributed by atoms with Gasteiger partial charge >= 0.3 is 12.1 Å². The van der Waals surface area contributed by atoms with Crippen molar-refractivity contribution in [3.05, 3.63) is 76.6 Å². The number of benzene rings is 2. The number of hydrogen-bond donors (Lipinski definition) is 1. The highest BCUT2D eigenvalue weighted by Gasteiger charge is 2.41. The van der Waals surface area contributed by atoms with Gasteiger partial charge in [0.2, 0.25) is 0 Å². The Labute approximate surface area is 172 Å². The van der Waals surface area contributed by atoms with Gasteiger partial charge in [-0.3, -0.25) is 4.79 Å². The second kappa shape index (κ2) is 8.17. The van der Waals surface area contributed by atoms with Crippen LogP contribution in [-0.4, -0.2) is 28.8 Å². The van der Waals surface area contributed by atoms with E-state index in [2.05, 4.69) is 9.84 Å². The summed E-state index contributed by atoms with van der Waals surface area (Å²) in [6, 6.07) is 7.03. The zero-order chi connectivity index (χ0) is 22.9. The number of anilines is 1. The van der Waals surface area contributed by atoms with E-state index in [1.165, 1.54) is 12.1 Å². The Kier molecular flexibility index (Phi) is 5.78. The van der Waals surface area contributed by atoms with Crippen molar-refractivity contribution in [1.82, 2.24) is 9.78 Å². The first kappa shape index (κ1) is 21.9. The number of esters is 1. The minimum absolute atomic E-state index is 0.0924. The molecular weight excluding hydrogens is 425 g/mol. The van der Waals surface area contributed by atoms with Crippen molar-refractivity contribution in [1.29, 1.82) is 0 Å². The van der Waals surface area contributed by atoms with Crippen LogP contribution in [0.15, 0.2) is 42.6 Å². The third kappa shape index (κ3) is 4.25. The number of aryl methyl sites for hydroxylation is 1. The summed E-state index contributed by atoms with van der Waals surface area (Å²) < 4.78 is 74.1. The molecule has 0 aliphatic rings. The fourth-order valence-corrected chi connectivity index (χ4v) is 2.87. The lowest BCUT2D eigenvalue weighted by Crippen LogP contribution is -2.21. The van der Waals surface area contributed by atoms with E-state index in [1.807, 2.05) is 5.32 Å². The van der Waals surface area contributed by atoms with E-state index in [1.54, 1.807) is 19.1 Å². The van der Waals surface area contributed by atoms with Crippen LogP contribution >= 0.6 is 0 Å². The molecule has 0 bridgehead atoms. The van der Waals surface area contributed by atoms with Gasteiger partial charge in [-0.1, -0.05) is 18.2 Å². The maximum atomic E-state index is 14.1. The van der Waals surface area contributed by atoms with Crippen molar-refractivity contribution in [3.8, 4) is 5.69 Å². The molecule has 31 heavy (non-hydrogen) atoms. The molecule has 0 spiro atoms. The van der Waals surface area contributed by atoms with E-state index in [0.717, 1.165) is 7.11 Å². The largest absolute Gasteiger partial charge is 0.465 e. The molecular formula is C20H14F5N3O3. The number of hydrogen-bond acceptors (Lipinski definition) is 4. The number of alkyl halides is 3. The van der Waals surface area contributed by atoms with E-state index >= 15 is 0 Å². The average molecular weight is 439 g/mol. The lowest BCUT2D eigenvalue weighted by molar-refractivity contribution is -0.143. The van der Waals surface area contributed by atoms with Gasteiger partial charge in [-0.05, 0) is 24.6 Å². The molecule has 0 aliphatic heterocycles. The Morgan fingerprint density at radius 1 is 1.06 bits per heavy atom. The van der Waals surface area contributed by atoms with Crippen molar-refractivity contribution in [3.63, 3.8) is 0 Å². The highest BCUT2D eigenvalue weighted by molar-refractivity contribution is 6.05. The maximum absolute atomic E-state index is 14.1. The number of nitrogens with zero attached hydrogens (tertiary/aromatic N) is 2. The molecule has 1 amide bonds. The third-order valence-electron chi connectivity index (χ3n) is 4.34. The van der Waals surface area contributed by atoms with Crippen LogP contribution in [0.5, 0.6) is 0 Å². The normalized spacial score (nSPS) is 11.3. The summed E-state index contributed by atoms with van der Waals surface area (Å²) in [6.07, 6.45) is -4.29. The molecule has 1 N–H and O–H groups in total. The van der Waals surface area contributed by atoms with Crippen LogP contribution in [0, 0.1) is 18.6 Å². The standard InChI is InChI=1S/C20H14F5N3O3/c1-10-5-3-4-6-16(10)28-17(20(23,24)25)12(9-26-28)18(29)27-15-7-11(19(30)31-2)13(21)8-14(15)22/h3-9H,1-2H3,(H,27,29). The second-order valence-electron chi connectivity index (χ2n) is 6.36. The van der Waals surface area contributed by atoms with Crippen LogP contribution < -0.4 is 5.32 Å². The molecule has 0 atom stereocenters. The van der Waals surface area contributed by atoms with E-state index in [4.69, 9.17) is 0 Å². The van der Waals surface area contributed by atoms with Gasteiger partial charge in [0.25, 0.3) is 5.91 Å². The summed E-state index contributed by atoms with van der Waals surface area (Å²) in [5.74, 6) is -5.06. The molecule has 0 fully saturated rings. The number of methoxy groups -OCH3 is 1. The fraction of sp³-hybridized carbons (Fsp3) is 0.150. The lowest BCUT2D eigenvalue weighted by atomic mass is 10.1. The SMILES string of the molecule is COC(=O)c1cc(NC(=O)c2cnn(-c3ccccc3C)c2C(F)(F)F)c(F)cc1F. The molecule has 0 aliphatic carbocycles. The Balaban J connectivity index is 2.06. The van der Waals surface area contributed by atoms with Crippen molar-refractivity contribution in [2.75, 3.05) is 12.4 Å². The molecule has 1 heterocycles. The number of carbonyl (C=O) groups excluding carboxylic acids is 2. The number of ether oxygens (including phenoxy) is 1. The molecule has 6 nitrogen and oxygen atoms in total. The smallest absolute Gasteiger partial charge is 0.434 e. The zero-order valence-corrected chi connectivity index (χ0v) is 16.1. The predicted octanol–water partition coefficient (Wildman–Crippen LogP) is 4.52. The number of amides is 1. The van der Waals surface area contributed by atoms with Crippen molar-refractivity contribution in [2.24, 2.45) is 0 Å². The van der Waals surface area contributed by atoms with E-state index in [9.17, 15) is 31.5 Å². The number of carbonyl (C=O) groups is 2. The number of para-hydroxylation sites is 1. The zero-order valence-electron chi connectivity index (χ0n) is 16.1. The van der Waals surface area contributed by atoms with Crippen molar-refractivity contribution < 1.29 is 36.3 Å². The minimum atomic E-state index is -4.98. The van der Waals surface area contributed by atoms with E-state index < -0.39 is 52.2 Å². The third-order valence-corrected chi connectivity index (χ3v) is 4.34. The maximum Gasteiger partial charge on any atom is 0.434 e. The number of halogens is 5. The van der Waals surface area contributed by atoms with E-state index in [0.29, 0.717) is 28.6 Å². The first-order chi connectivity index (χ1) is 14.5. The molecule has 0 saturated heterocycles. The van der Waals surface area contributed by atoms with Gasteiger partial charge in [0, 0.05) is 6.07 Å². The number of rotatable bonds is 4. The topological polar surface area (TPSA) is 73.2 Å². The van der Waals surface area contributed by atoms with Gasteiger partial charge in [0.1, 0.15) is 11.6 Å². The number of aromatic nitrogens is 2. The monoisotopic (exact) mass is 439 g/mol. The molecule has 1 aromatic heterocycles. The van der Waals surface area contributed by atoms with Gasteiger partial charge in [0.15, 0.2) is 5.69 Å². The second-order valence-corrected chi connectivity index (χ2v) is 6.36. The summed E-state index contributed by atoms with van der Waals surface area (Å²) in [4.78, 5) is 24.1. The molecule has 2 aromatic carbocycles. The summed E-state index contributed by atoms with van der Waals surface area (Å²) in [5.41, 5.74) is -3.12. The Hall–Kier alpha value is -3.76. The molecule has 0 radical (unpaired) electrons. The molecule has 11 heteroatoms. The predicted molar refractivity (Wildman–Crippen MR) is 99.0 cm³/mol. The molecule has 162 valence electrons. The van der Waals surface area contributed by atoms with E-state index in [-0.39, 0.29) is 5.69 Å². The van der Waals surface area contributed by atoms with Crippen LogP contribution in [0.2, 0.25) is 0 Å². The van der Waals surface area contributed by atoms with Crippen LogP contribution in [0.25, 0.3) is 5.69 Å². The van der Waals surface area contributed by atoms with Crippen LogP contribution in [0.1, 0.15) is 32.0 Å². The average Bonchev–Trinajstić information content (AvgIpc) is 3.15. The highest BCUT2D eigenvalue weighted by Crippen LogP contribution is 2.34. The summed E-state index contributed by atoms with van der Waals surface area (Å²) >= 11 is 0.